The number of fused-ring (bicyclic) bond motifs is 1. The number of aliphatic carboxylic acids is 1. The number of nitrogens with zero attached hydrogens (tertiary/aromatic N) is 3. The predicted molar refractivity (Wildman–Crippen MR) is 111 cm³/mol. The molecule has 0 amide bonds. The Labute approximate surface area is 175 Å². The summed E-state index contributed by atoms with van der Waals surface area (Å²) in [5.74, 6) is 0.716. The molecule has 1 fully saturated rings. The minimum Gasteiger partial charge on any atom is -0.492 e. The Balaban J connectivity index is 0.000000589. The summed E-state index contributed by atoms with van der Waals surface area (Å²) in [5.41, 5.74) is 2.45. The highest BCUT2D eigenvalue weighted by Crippen LogP contribution is 2.24. The first-order chi connectivity index (χ1) is 14.5. The zero-order valence-corrected chi connectivity index (χ0v) is 17.2. The molecule has 1 aliphatic heterocycles. The van der Waals surface area contributed by atoms with Crippen molar-refractivity contribution in [3.63, 3.8) is 0 Å². The van der Waals surface area contributed by atoms with Crippen molar-refractivity contribution < 1.29 is 24.2 Å². The minimum atomic E-state index is -0.833. The number of morpholine rings is 1. The van der Waals surface area contributed by atoms with Crippen LogP contribution in [0.4, 0.5) is 0 Å². The largest absolute Gasteiger partial charge is 0.492 e. The van der Waals surface area contributed by atoms with Gasteiger partial charge in [-0.15, -0.1) is 0 Å². The lowest BCUT2D eigenvalue weighted by molar-refractivity contribution is -0.134. The van der Waals surface area contributed by atoms with E-state index >= 15 is 0 Å². The Kier molecular flexibility index (Phi) is 7.87. The van der Waals surface area contributed by atoms with Crippen molar-refractivity contribution in [2.45, 2.75) is 26.2 Å². The van der Waals surface area contributed by atoms with Crippen molar-refractivity contribution in [3.05, 3.63) is 41.7 Å². The lowest BCUT2D eigenvalue weighted by atomic mass is 9.96. The summed E-state index contributed by atoms with van der Waals surface area (Å²) in [6.07, 6.45) is 4.16. The van der Waals surface area contributed by atoms with Gasteiger partial charge in [0.25, 0.3) is 5.97 Å². The highest BCUT2D eigenvalue weighted by atomic mass is 16.5. The van der Waals surface area contributed by atoms with Gasteiger partial charge < -0.3 is 14.6 Å². The number of ketones is 1. The Hall–Kier alpha value is -2.84. The van der Waals surface area contributed by atoms with Gasteiger partial charge in [-0.1, -0.05) is 0 Å². The zero-order chi connectivity index (χ0) is 21.3. The van der Waals surface area contributed by atoms with Gasteiger partial charge in [-0.25, -0.2) is 9.97 Å². The molecule has 2 aliphatic rings. The maximum Gasteiger partial charge on any atom is 0.300 e. The van der Waals surface area contributed by atoms with Gasteiger partial charge in [-0.05, 0) is 42.7 Å². The van der Waals surface area contributed by atoms with Gasteiger partial charge in [0.15, 0.2) is 11.6 Å². The van der Waals surface area contributed by atoms with Crippen LogP contribution < -0.4 is 4.74 Å². The molecule has 0 unspecified atom stereocenters. The molecular weight excluding hydrogens is 386 g/mol. The van der Waals surface area contributed by atoms with Crippen LogP contribution >= 0.6 is 0 Å². The first-order valence-electron chi connectivity index (χ1n) is 10.1. The maximum absolute atomic E-state index is 12.0. The monoisotopic (exact) mass is 413 g/mol. The molecule has 1 saturated heterocycles. The summed E-state index contributed by atoms with van der Waals surface area (Å²) >= 11 is 0. The molecule has 0 saturated carbocycles. The normalized spacial score (nSPS) is 16.2. The lowest BCUT2D eigenvalue weighted by Crippen LogP contribution is -2.38. The number of benzene rings is 1. The number of carbonyl (C=O) groups excluding carboxylic acids is 1. The number of carbonyl (C=O) groups is 2. The number of aryl methyl sites for hydroxylation is 1. The van der Waals surface area contributed by atoms with E-state index in [1.807, 2.05) is 24.3 Å². The second-order valence-corrected chi connectivity index (χ2v) is 7.19. The molecule has 8 nitrogen and oxygen atoms in total. The van der Waals surface area contributed by atoms with Gasteiger partial charge in [0.2, 0.25) is 0 Å². The number of rotatable bonds is 5. The zero-order valence-electron chi connectivity index (χ0n) is 17.2. The topological polar surface area (TPSA) is 102 Å². The average Bonchev–Trinajstić information content (AvgIpc) is 2.75. The Morgan fingerprint density at radius 3 is 2.60 bits per heavy atom. The van der Waals surface area contributed by atoms with E-state index in [1.165, 1.54) is 0 Å². The van der Waals surface area contributed by atoms with Crippen LogP contribution in [-0.2, 0) is 16.0 Å². The highest BCUT2D eigenvalue weighted by molar-refractivity contribution is 5.96. The minimum absolute atomic E-state index is 0.123. The van der Waals surface area contributed by atoms with E-state index in [1.54, 1.807) is 6.20 Å². The number of aromatic nitrogens is 2. The van der Waals surface area contributed by atoms with E-state index in [0.717, 1.165) is 69.5 Å². The molecule has 160 valence electrons. The molecule has 0 bridgehead atoms. The van der Waals surface area contributed by atoms with Crippen LogP contribution in [0.3, 0.4) is 0 Å². The van der Waals surface area contributed by atoms with E-state index < -0.39 is 5.97 Å². The third kappa shape index (κ3) is 6.33. The Morgan fingerprint density at radius 2 is 1.90 bits per heavy atom. The van der Waals surface area contributed by atoms with Crippen molar-refractivity contribution in [2.24, 2.45) is 0 Å². The van der Waals surface area contributed by atoms with Gasteiger partial charge in [-0.2, -0.15) is 0 Å². The van der Waals surface area contributed by atoms with E-state index in [2.05, 4.69) is 14.9 Å². The fourth-order valence-corrected chi connectivity index (χ4v) is 3.35. The molecule has 2 aromatic rings. The van der Waals surface area contributed by atoms with E-state index in [-0.39, 0.29) is 5.78 Å². The predicted octanol–water partition coefficient (Wildman–Crippen LogP) is 2.46. The molecule has 1 aromatic carbocycles. The third-order valence-corrected chi connectivity index (χ3v) is 4.87. The van der Waals surface area contributed by atoms with E-state index in [4.69, 9.17) is 19.4 Å². The van der Waals surface area contributed by atoms with Crippen molar-refractivity contribution >= 4 is 11.8 Å². The second-order valence-electron chi connectivity index (χ2n) is 7.19. The molecule has 0 radical (unpaired) electrons. The summed E-state index contributed by atoms with van der Waals surface area (Å²) in [6, 6.07) is 7.75. The number of ether oxygens (including phenoxy) is 2. The molecule has 0 spiro atoms. The molecule has 30 heavy (non-hydrogen) atoms. The van der Waals surface area contributed by atoms with Crippen LogP contribution in [0.1, 0.15) is 35.8 Å². The molecule has 8 heteroatoms. The summed E-state index contributed by atoms with van der Waals surface area (Å²) in [4.78, 5) is 32.3. The van der Waals surface area contributed by atoms with Gasteiger partial charge in [-0.3, -0.25) is 14.5 Å². The molecule has 1 aromatic heterocycles. The molecule has 1 aliphatic carbocycles. The van der Waals surface area contributed by atoms with Crippen LogP contribution in [-0.4, -0.2) is 71.2 Å². The number of Topliss-reactive ketones (excluding diaryl/α,β-unsaturated/α-hetero) is 1. The Morgan fingerprint density at radius 1 is 1.20 bits per heavy atom. The average molecular weight is 413 g/mol. The molecule has 1 N–H and O–H groups in total. The number of hydrogen-bond donors (Lipinski definition) is 1. The molecule has 2 heterocycles. The maximum atomic E-state index is 12.0. The first kappa shape index (κ1) is 21.9. The fraction of sp³-hybridized carbons (Fsp3) is 0.455. The van der Waals surface area contributed by atoms with Gasteiger partial charge in [0, 0.05) is 44.7 Å². The van der Waals surface area contributed by atoms with Gasteiger partial charge in [0.1, 0.15) is 18.1 Å². The number of carboxylic acids is 1. The van der Waals surface area contributed by atoms with Crippen molar-refractivity contribution in [3.8, 4) is 17.1 Å². The van der Waals surface area contributed by atoms with Crippen LogP contribution in [0, 0.1) is 0 Å². The van der Waals surface area contributed by atoms with Crippen molar-refractivity contribution in [1.82, 2.24) is 14.9 Å². The van der Waals surface area contributed by atoms with Crippen LogP contribution in [0.2, 0.25) is 0 Å². The van der Waals surface area contributed by atoms with Crippen molar-refractivity contribution in [1.29, 1.82) is 0 Å². The fourth-order valence-electron chi connectivity index (χ4n) is 3.35. The van der Waals surface area contributed by atoms with E-state index in [0.29, 0.717) is 24.5 Å². The lowest BCUT2D eigenvalue weighted by Gasteiger charge is -2.26. The SMILES string of the molecule is CC(=O)O.O=C1CCCc2cnc(-c3ccc(OCCN4CCOCC4)cc3)nc21. The standard InChI is InChI=1S/C20H23N3O3.C2H4O2/c24-18-3-1-2-16-14-21-20(22-19(16)18)15-4-6-17(7-5-15)26-13-10-23-8-11-25-12-9-23;1-2(3)4/h4-7,14H,1-3,8-13H2;1H3,(H,3,4). The summed E-state index contributed by atoms with van der Waals surface area (Å²) in [6.45, 7) is 6.19. The van der Waals surface area contributed by atoms with Crippen LogP contribution in [0.25, 0.3) is 11.4 Å². The molecular formula is C22H27N3O5. The molecule has 0 atom stereocenters. The quantitative estimate of drug-likeness (QED) is 0.798. The smallest absolute Gasteiger partial charge is 0.300 e. The number of hydrogen-bond acceptors (Lipinski definition) is 7. The van der Waals surface area contributed by atoms with Gasteiger partial charge in [0.05, 0.1) is 13.2 Å². The van der Waals surface area contributed by atoms with E-state index in [9.17, 15) is 4.79 Å². The summed E-state index contributed by atoms with van der Waals surface area (Å²) < 4.78 is 11.2. The second kappa shape index (κ2) is 10.8. The third-order valence-electron chi connectivity index (χ3n) is 4.87. The number of carboxylic acid groups (broad SMARTS) is 1. The summed E-state index contributed by atoms with van der Waals surface area (Å²) in [7, 11) is 0. The van der Waals surface area contributed by atoms with Crippen LogP contribution in [0.15, 0.2) is 30.5 Å². The van der Waals surface area contributed by atoms with Crippen molar-refractivity contribution in [2.75, 3.05) is 39.5 Å². The summed E-state index contributed by atoms with van der Waals surface area (Å²) in [5, 5.41) is 7.42. The van der Waals surface area contributed by atoms with Gasteiger partial charge >= 0.3 is 0 Å². The van der Waals surface area contributed by atoms with Crippen LogP contribution in [0.5, 0.6) is 5.75 Å². The first-order valence-corrected chi connectivity index (χ1v) is 10.1. The highest BCUT2D eigenvalue weighted by Gasteiger charge is 2.20. The Bertz CT molecular complexity index is 860. The molecule has 4 rings (SSSR count).